The van der Waals surface area contributed by atoms with Crippen LogP contribution in [0.1, 0.15) is 53.0 Å². The third-order valence-electron chi connectivity index (χ3n) is 5.86. The third-order valence-corrected chi connectivity index (χ3v) is 6.09. The van der Waals surface area contributed by atoms with E-state index >= 15 is 0 Å². The highest BCUT2D eigenvalue weighted by molar-refractivity contribution is 6.30. The molecule has 2 rings (SSSR count). The van der Waals surface area contributed by atoms with Gasteiger partial charge in [0.2, 0.25) is 11.8 Å². The van der Waals surface area contributed by atoms with Gasteiger partial charge in [0.25, 0.3) is 0 Å². The number of carboxylic acids is 1. The predicted octanol–water partition coefficient (Wildman–Crippen LogP) is 2.85. The molecule has 0 bridgehead atoms. The molecular formula is C24H34ClN3O6. The van der Waals surface area contributed by atoms with Gasteiger partial charge in [0.1, 0.15) is 18.7 Å². The minimum atomic E-state index is -1.26. The van der Waals surface area contributed by atoms with E-state index in [2.05, 4.69) is 16.0 Å². The number of aliphatic carboxylic acids is 1. The van der Waals surface area contributed by atoms with E-state index in [0.29, 0.717) is 18.0 Å². The summed E-state index contributed by atoms with van der Waals surface area (Å²) >= 11 is 6.06. The van der Waals surface area contributed by atoms with Crippen molar-refractivity contribution in [1.29, 1.82) is 0 Å². The standard InChI is InChI=1S/C24H34ClN3O6/c1-23(2,3)18(20(30)27-17(21(31)32)11-14-9-10-26-19(14)29)28-22(33)34-13-24(4,5)15-7-6-8-16(25)12-15/h6-8,12,14,17-18H,9-11,13H2,1-5H3,(H,26,29)(H,27,30)(H,28,33)(H,31,32). The van der Waals surface area contributed by atoms with Crippen molar-refractivity contribution in [2.45, 2.75) is 65.0 Å². The summed E-state index contributed by atoms with van der Waals surface area (Å²) in [5.41, 5.74) is -0.379. The Kier molecular flexibility index (Phi) is 8.94. The monoisotopic (exact) mass is 495 g/mol. The number of ether oxygens (including phenoxy) is 1. The largest absolute Gasteiger partial charge is 0.480 e. The van der Waals surface area contributed by atoms with Gasteiger partial charge < -0.3 is 25.8 Å². The van der Waals surface area contributed by atoms with Crippen LogP contribution in [0.25, 0.3) is 0 Å². The van der Waals surface area contributed by atoms with Crippen LogP contribution in [-0.4, -0.2) is 54.2 Å². The zero-order valence-corrected chi connectivity index (χ0v) is 21.0. The maximum Gasteiger partial charge on any atom is 0.407 e. The minimum absolute atomic E-state index is 0.0258. The number of carboxylic acid groups (broad SMARTS) is 1. The van der Waals surface area contributed by atoms with Gasteiger partial charge >= 0.3 is 12.1 Å². The van der Waals surface area contributed by atoms with Gasteiger partial charge in [-0.2, -0.15) is 0 Å². The molecule has 4 N–H and O–H groups in total. The molecule has 1 heterocycles. The molecule has 0 spiro atoms. The molecule has 3 amide bonds. The van der Waals surface area contributed by atoms with Crippen molar-refractivity contribution in [3.05, 3.63) is 34.9 Å². The molecule has 10 heteroatoms. The number of carbonyl (C=O) groups is 4. The van der Waals surface area contributed by atoms with Gasteiger partial charge in [-0.3, -0.25) is 9.59 Å². The molecule has 0 saturated carbocycles. The van der Waals surface area contributed by atoms with Crippen molar-refractivity contribution in [1.82, 2.24) is 16.0 Å². The van der Waals surface area contributed by atoms with Crippen molar-refractivity contribution in [3.63, 3.8) is 0 Å². The zero-order valence-electron chi connectivity index (χ0n) is 20.2. The first-order valence-electron chi connectivity index (χ1n) is 11.2. The second-order valence-electron chi connectivity index (χ2n) is 10.3. The molecule has 1 saturated heterocycles. The van der Waals surface area contributed by atoms with Gasteiger partial charge in [-0.25, -0.2) is 9.59 Å². The van der Waals surface area contributed by atoms with E-state index in [-0.39, 0.29) is 18.9 Å². The maximum atomic E-state index is 13.0. The van der Waals surface area contributed by atoms with Crippen LogP contribution in [-0.2, 0) is 24.5 Å². The number of alkyl carbamates (subject to hydrolysis) is 1. The molecule has 34 heavy (non-hydrogen) atoms. The summed E-state index contributed by atoms with van der Waals surface area (Å²) in [6.45, 7) is 9.54. The molecule has 3 unspecified atom stereocenters. The summed E-state index contributed by atoms with van der Waals surface area (Å²) in [6, 6.07) is 4.93. The normalized spacial score (nSPS) is 17.9. The van der Waals surface area contributed by atoms with E-state index in [9.17, 15) is 24.3 Å². The lowest BCUT2D eigenvalue weighted by Crippen LogP contribution is -2.57. The molecule has 1 aromatic carbocycles. The van der Waals surface area contributed by atoms with E-state index in [1.165, 1.54) is 0 Å². The molecule has 1 aliphatic heterocycles. The summed E-state index contributed by atoms with van der Waals surface area (Å²) < 4.78 is 5.41. The van der Waals surface area contributed by atoms with E-state index in [1.54, 1.807) is 32.9 Å². The van der Waals surface area contributed by atoms with E-state index in [1.807, 2.05) is 26.0 Å². The lowest BCUT2D eigenvalue weighted by molar-refractivity contribution is -0.143. The Morgan fingerprint density at radius 2 is 1.88 bits per heavy atom. The van der Waals surface area contributed by atoms with Gasteiger partial charge in [-0.15, -0.1) is 0 Å². The number of amides is 3. The Hall–Kier alpha value is -2.81. The third kappa shape index (κ3) is 7.62. The fourth-order valence-corrected chi connectivity index (χ4v) is 3.89. The van der Waals surface area contributed by atoms with Crippen LogP contribution in [0.2, 0.25) is 5.02 Å². The number of benzene rings is 1. The molecule has 0 radical (unpaired) electrons. The number of hydrogen-bond acceptors (Lipinski definition) is 5. The minimum Gasteiger partial charge on any atom is -0.480 e. The second-order valence-corrected chi connectivity index (χ2v) is 10.8. The maximum absolute atomic E-state index is 13.0. The summed E-state index contributed by atoms with van der Waals surface area (Å²) in [4.78, 5) is 49.1. The molecule has 0 aliphatic carbocycles. The highest BCUT2D eigenvalue weighted by Gasteiger charge is 2.37. The van der Waals surface area contributed by atoms with E-state index in [4.69, 9.17) is 16.3 Å². The van der Waals surface area contributed by atoms with Crippen molar-refractivity contribution >= 4 is 35.5 Å². The lowest BCUT2D eigenvalue weighted by Gasteiger charge is -2.32. The first-order chi connectivity index (χ1) is 15.7. The highest BCUT2D eigenvalue weighted by atomic mass is 35.5. The van der Waals surface area contributed by atoms with E-state index < -0.39 is 46.8 Å². The molecule has 3 atom stereocenters. The summed E-state index contributed by atoms with van der Waals surface area (Å²) in [7, 11) is 0. The van der Waals surface area contributed by atoms with Crippen LogP contribution in [0.15, 0.2) is 24.3 Å². The van der Waals surface area contributed by atoms with Crippen LogP contribution in [0.5, 0.6) is 0 Å². The first-order valence-corrected chi connectivity index (χ1v) is 11.6. The van der Waals surface area contributed by atoms with Crippen molar-refractivity contribution in [3.8, 4) is 0 Å². The SMILES string of the molecule is CC(C)(COC(=O)NC(C(=O)NC(CC1CCNC1=O)C(=O)O)C(C)(C)C)c1cccc(Cl)c1. The molecular weight excluding hydrogens is 462 g/mol. The summed E-state index contributed by atoms with van der Waals surface area (Å²) in [5, 5.41) is 17.8. The molecule has 1 aliphatic rings. The number of rotatable bonds is 9. The quantitative estimate of drug-likeness (QED) is 0.416. The Morgan fingerprint density at radius 1 is 1.21 bits per heavy atom. The molecule has 9 nitrogen and oxygen atoms in total. The fraction of sp³-hybridized carbons (Fsp3) is 0.583. The molecule has 1 fully saturated rings. The van der Waals surface area contributed by atoms with Crippen LogP contribution in [0.3, 0.4) is 0 Å². The second kappa shape index (κ2) is 11.1. The van der Waals surface area contributed by atoms with Crippen LogP contribution in [0, 0.1) is 11.3 Å². The van der Waals surface area contributed by atoms with Gasteiger partial charge in [0, 0.05) is 22.9 Å². The molecule has 1 aromatic rings. The van der Waals surface area contributed by atoms with Crippen LogP contribution in [0.4, 0.5) is 4.79 Å². The van der Waals surface area contributed by atoms with Crippen molar-refractivity contribution in [2.24, 2.45) is 11.3 Å². The van der Waals surface area contributed by atoms with Crippen molar-refractivity contribution < 1.29 is 29.0 Å². The Balaban J connectivity index is 2.03. The van der Waals surface area contributed by atoms with Gasteiger partial charge in [-0.05, 0) is 36.0 Å². The van der Waals surface area contributed by atoms with Crippen LogP contribution >= 0.6 is 11.6 Å². The Labute approximate surface area is 205 Å². The number of carbonyl (C=O) groups excluding carboxylic acids is 3. The van der Waals surface area contributed by atoms with Gasteiger partial charge in [0.15, 0.2) is 0 Å². The Bertz CT molecular complexity index is 928. The van der Waals surface area contributed by atoms with Gasteiger partial charge in [-0.1, -0.05) is 58.4 Å². The topological polar surface area (TPSA) is 134 Å². The number of hydrogen-bond donors (Lipinski definition) is 4. The fourth-order valence-electron chi connectivity index (χ4n) is 3.70. The number of nitrogens with one attached hydrogen (secondary N) is 3. The van der Waals surface area contributed by atoms with E-state index in [0.717, 1.165) is 5.56 Å². The first kappa shape index (κ1) is 27.4. The Morgan fingerprint density at radius 3 is 2.41 bits per heavy atom. The molecule has 188 valence electrons. The summed E-state index contributed by atoms with van der Waals surface area (Å²) in [5.74, 6) is -2.62. The predicted molar refractivity (Wildman–Crippen MR) is 128 cm³/mol. The highest BCUT2D eigenvalue weighted by Crippen LogP contribution is 2.26. The van der Waals surface area contributed by atoms with Crippen molar-refractivity contribution in [2.75, 3.05) is 13.2 Å². The average Bonchev–Trinajstić information content (AvgIpc) is 3.13. The summed E-state index contributed by atoms with van der Waals surface area (Å²) in [6.07, 6.45) is -0.317. The van der Waals surface area contributed by atoms with Crippen LogP contribution < -0.4 is 16.0 Å². The van der Waals surface area contributed by atoms with Gasteiger partial charge in [0.05, 0.1) is 0 Å². The zero-order chi connectivity index (χ0) is 25.7. The molecule has 0 aromatic heterocycles. The smallest absolute Gasteiger partial charge is 0.407 e. The average molecular weight is 496 g/mol. The number of halogens is 1. The lowest BCUT2D eigenvalue weighted by atomic mass is 9.85.